The lowest BCUT2D eigenvalue weighted by molar-refractivity contribution is 0.349. The van der Waals surface area contributed by atoms with Crippen LogP contribution in [0.4, 0.5) is 0 Å². The molecule has 4 nitrogen and oxygen atoms in total. The van der Waals surface area contributed by atoms with Crippen LogP contribution in [0, 0.1) is 0 Å². The number of ether oxygens (including phenoxy) is 1. The zero-order chi connectivity index (χ0) is 12.2. The fourth-order valence-electron chi connectivity index (χ4n) is 1.01. The summed E-state index contributed by atoms with van der Waals surface area (Å²) in [7, 11) is -3.63. The molecule has 0 aromatic heterocycles. The van der Waals surface area contributed by atoms with Crippen molar-refractivity contribution in [3.8, 4) is 5.75 Å². The number of primary sulfonamides is 1. The summed E-state index contributed by atoms with van der Waals surface area (Å²) in [6, 6.07) is 5.98. The van der Waals surface area contributed by atoms with E-state index in [0.29, 0.717) is 12.4 Å². The third kappa shape index (κ3) is 3.67. The largest absolute Gasteiger partial charge is 0.489 e. The second-order valence-electron chi connectivity index (χ2n) is 3.41. The fraction of sp³-hybridized carbons (Fsp3) is 0.273. The van der Waals surface area contributed by atoms with Crippen molar-refractivity contribution in [2.45, 2.75) is 18.2 Å². The first-order chi connectivity index (χ1) is 7.43. The molecular weight excluding hydrogens is 226 g/mol. The van der Waals surface area contributed by atoms with Crippen LogP contribution in [0.3, 0.4) is 0 Å². The van der Waals surface area contributed by atoms with E-state index in [2.05, 4.69) is 6.58 Å². The third-order valence-electron chi connectivity index (χ3n) is 2.10. The van der Waals surface area contributed by atoms with Gasteiger partial charge < -0.3 is 4.74 Å². The quantitative estimate of drug-likeness (QED) is 0.797. The minimum atomic E-state index is -3.63. The monoisotopic (exact) mass is 241 g/mol. The van der Waals surface area contributed by atoms with E-state index in [1.54, 1.807) is 12.1 Å². The summed E-state index contributed by atoms with van der Waals surface area (Å²) in [6.45, 7) is 6.24. The Kier molecular flexibility index (Phi) is 4.09. The molecule has 16 heavy (non-hydrogen) atoms. The van der Waals surface area contributed by atoms with Gasteiger partial charge in [-0.25, -0.2) is 13.6 Å². The fourth-order valence-corrected chi connectivity index (χ4v) is 1.53. The van der Waals surface area contributed by atoms with Gasteiger partial charge in [0.05, 0.1) is 4.90 Å². The summed E-state index contributed by atoms with van der Waals surface area (Å²) in [5.41, 5.74) is 0.982. The van der Waals surface area contributed by atoms with Crippen LogP contribution in [0.15, 0.2) is 41.3 Å². The van der Waals surface area contributed by atoms with Crippen molar-refractivity contribution >= 4 is 10.0 Å². The van der Waals surface area contributed by atoms with E-state index in [9.17, 15) is 8.42 Å². The molecule has 0 aliphatic heterocycles. The number of hydrogen-bond donors (Lipinski definition) is 1. The highest BCUT2D eigenvalue weighted by Crippen LogP contribution is 2.15. The highest BCUT2D eigenvalue weighted by Gasteiger charge is 2.06. The Labute approximate surface area is 95.8 Å². The molecule has 2 N–H and O–H groups in total. The van der Waals surface area contributed by atoms with Gasteiger partial charge >= 0.3 is 0 Å². The summed E-state index contributed by atoms with van der Waals surface area (Å²) in [5, 5.41) is 4.97. The molecule has 5 heteroatoms. The first-order valence-corrected chi connectivity index (χ1v) is 6.40. The van der Waals surface area contributed by atoms with Crippen LogP contribution in [-0.2, 0) is 10.0 Å². The van der Waals surface area contributed by atoms with Gasteiger partial charge in [-0.1, -0.05) is 13.5 Å². The summed E-state index contributed by atoms with van der Waals surface area (Å²) in [4.78, 5) is 0.0779. The maximum absolute atomic E-state index is 11.0. The molecule has 0 spiro atoms. The van der Waals surface area contributed by atoms with E-state index >= 15 is 0 Å². The zero-order valence-corrected chi connectivity index (χ0v) is 9.96. The van der Waals surface area contributed by atoms with Crippen LogP contribution in [0.5, 0.6) is 5.75 Å². The molecule has 1 aromatic carbocycles. The van der Waals surface area contributed by atoms with Crippen molar-refractivity contribution in [3.05, 3.63) is 36.4 Å². The number of benzene rings is 1. The lowest BCUT2D eigenvalue weighted by Crippen LogP contribution is -2.11. The van der Waals surface area contributed by atoms with Crippen LogP contribution in [0.25, 0.3) is 0 Å². The van der Waals surface area contributed by atoms with Gasteiger partial charge in [-0.05, 0) is 36.3 Å². The molecule has 0 bridgehead atoms. The Bertz CT molecular complexity index is 463. The molecule has 0 heterocycles. The van der Waals surface area contributed by atoms with E-state index in [1.165, 1.54) is 12.1 Å². The second-order valence-corrected chi connectivity index (χ2v) is 4.97. The van der Waals surface area contributed by atoms with Crippen molar-refractivity contribution in [2.75, 3.05) is 6.61 Å². The van der Waals surface area contributed by atoms with E-state index in [-0.39, 0.29) is 4.90 Å². The van der Waals surface area contributed by atoms with Gasteiger partial charge in [0.25, 0.3) is 0 Å². The van der Waals surface area contributed by atoms with Crippen LogP contribution in [-0.4, -0.2) is 15.0 Å². The maximum Gasteiger partial charge on any atom is 0.238 e. The van der Waals surface area contributed by atoms with E-state index < -0.39 is 10.0 Å². The van der Waals surface area contributed by atoms with Crippen molar-refractivity contribution < 1.29 is 13.2 Å². The number of hydrogen-bond acceptors (Lipinski definition) is 3. The summed E-state index contributed by atoms with van der Waals surface area (Å²) in [5.74, 6) is 0.599. The van der Waals surface area contributed by atoms with E-state index in [0.717, 1.165) is 12.0 Å². The smallest absolute Gasteiger partial charge is 0.238 e. The van der Waals surface area contributed by atoms with Gasteiger partial charge in [0.1, 0.15) is 12.4 Å². The van der Waals surface area contributed by atoms with Gasteiger partial charge in [-0.3, -0.25) is 0 Å². The molecule has 0 saturated carbocycles. The molecule has 0 fully saturated rings. The highest BCUT2D eigenvalue weighted by atomic mass is 32.2. The SMILES string of the molecule is C=C(CC)COc1ccc(S(N)(=O)=O)cc1. The van der Waals surface area contributed by atoms with E-state index in [4.69, 9.17) is 9.88 Å². The average Bonchev–Trinajstić information content (AvgIpc) is 2.25. The first kappa shape index (κ1) is 12.7. The molecular formula is C11H15NO3S. The maximum atomic E-state index is 11.0. The molecule has 0 radical (unpaired) electrons. The van der Waals surface area contributed by atoms with Crippen molar-refractivity contribution in [1.82, 2.24) is 0 Å². The van der Waals surface area contributed by atoms with E-state index in [1.807, 2.05) is 6.92 Å². The van der Waals surface area contributed by atoms with Gasteiger partial charge in [-0.2, -0.15) is 0 Å². The third-order valence-corrected chi connectivity index (χ3v) is 3.02. The Morgan fingerprint density at radius 3 is 2.38 bits per heavy atom. The van der Waals surface area contributed by atoms with Gasteiger partial charge in [0, 0.05) is 0 Å². The summed E-state index contributed by atoms with van der Waals surface area (Å²) < 4.78 is 27.4. The highest BCUT2D eigenvalue weighted by molar-refractivity contribution is 7.89. The second kappa shape index (κ2) is 5.14. The predicted octanol–water partition coefficient (Wildman–Crippen LogP) is 1.68. The summed E-state index contributed by atoms with van der Waals surface area (Å²) in [6.07, 6.45) is 0.856. The van der Waals surface area contributed by atoms with Crippen LogP contribution >= 0.6 is 0 Å². The van der Waals surface area contributed by atoms with Crippen LogP contribution < -0.4 is 9.88 Å². The van der Waals surface area contributed by atoms with Crippen molar-refractivity contribution in [2.24, 2.45) is 5.14 Å². The molecule has 0 unspecified atom stereocenters. The molecule has 0 aliphatic carbocycles. The van der Waals surface area contributed by atoms with Crippen molar-refractivity contribution in [3.63, 3.8) is 0 Å². The molecule has 0 aliphatic rings. The summed E-state index contributed by atoms with van der Waals surface area (Å²) >= 11 is 0. The van der Waals surface area contributed by atoms with Crippen LogP contribution in [0.1, 0.15) is 13.3 Å². The minimum absolute atomic E-state index is 0.0779. The first-order valence-electron chi connectivity index (χ1n) is 4.86. The molecule has 0 atom stereocenters. The minimum Gasteiger partial charge on any atom is -0.489 e. The normalized spacial score (nSPS) is 11.1. The Balaban J connectivity index is 2.69. The molecule has 1 rings (SSSR count). The van der Waals surface area contributed by atoms with Gasteiger partial charge in [0.15, 0.2) is 0 Å². The topological polar surface area (TPSA) is 69.4 Å². The average molecular weight is 241 g/mol. The zero-order valence-electron chi connectivity index (χ0n) is 9.14. The lowest BCUT2D eigenvalue weighted by atomic mass is 10.2. The predicted molar refractivity (Wildman–Crippen MR) is 62.7 cm³/mol. The molecule has 0 saturated heterocycles. The standard InChI is InChI=1S/C11H15NO3S/c1-3-9(2)8-15-10-4-6-11(7-5-10)16(12,13)14/h4-7H,2-3,8H2,1H3,(H2,12,13,14). The Morgan fingerprint density at radius 2 is 1.94 bits per heavy atom. The number of nitrogens with two attached hydrogens (primary N) is 1. The Morgan fingerprint density at radius 1 is 1.38 bits per heavy atom. The lowest BCUT2D eigenvalue weighted by Gasteiger charge is -2.07. The van der Waals surface area contributed by atoms with Crippen molar-refractivity contribution in [1.29, 1.82) is 0 Å². The van der Waals surface area contributed by atoms with Gasteiger partial charge in [0.2, 0.25) is 10.0 Å². The molecule has 1 aromatic rings. The van der Waals surface area contributed by atoms with Gasteiger partial charge in [-0.15, -0.1) is 0 Å². The molecule has 88 valence electrons. The molecule has 0 amide bonds. The Hall–Kier alpha value is -1.33. The number of rotatable bonds is 5. The van der Waals surface area contributed by atoms with Crippen LogP contribution in [0.2, 0.25) is 0 Å². The number of sulfonamides is 1.